The molecule has 2 rings (SSSR count). The van der Waals surface area contributed by atoms with E-state index in [1.54, 1.807) is 12.1 Å². The lowest BCUT2D eigenvalue weighted by Gasteiger charge is -2.41. The Labute approximate surface area is 125 Å². The highest BCUT2D eigenvalue weighted by atomic mass is 19.3. The fraction of sp³-hybridized carbons (Fsp3) is 0.625. The number of halogens is 2. The minimum atomic E-state index is -2.81. The van der Waals surface area contributed by atoms with E-state index in [2.05, 4.69) is 16.6 Å². The van der Waals surface area contributed by atoms with Crippen LogP contribution in [0, 0.1) is 0 Å². The van der Waals surface area contributed by atoms with Crippen LogP contribution in [-0.2, 0) is 0 Å². The molecule has 1 aliphatic rings. The monoisotopic (exact) mass is 298 g/mol. The van der Waals surface area contributed by atoms with Crippen molar-refractivity contribution < 1.29 is 13.5 Å². The van der Waals surface area contributed by atoms with Crippen LogP contribution in [0.2, 0.25) is 0 Å². The van der Waals surface area contributed by atoms with E-state index >= 15 is 0 Å². The first-order valence-corrected chi connectivity index (χ1v) is 7.67. The summed E-state index contributed by atoms with van der Waals surface area (Å²) in [6.45, 7) is 0.717. The number of likely N-dealkylation sites (tertiary alicyclic amines) is 1. The Balaban J connectivity index is 2.27. The minimum absolute atomic E-state index is 0.0646. The molecule has 0 aromatic heterocycles. The molecule has 2 N–H and O–H groups in total. The standard InChI is InChI=1S/C16H24F2N2O/c1-2-12-7-5-6-10-20(12)14(11-19)13-8-3-4-9-15(13)21-16(17)18/h3-4,8-9,12,14,16H,2,5-7,10-11,19H2,1H3. The van der Waals surface area contributed by atoms with Gasteiger partial charge < -0.3 is 10.5 Å². The summed E-state index contributed by atoms with van der Waals surface area (Å²) >= 11 is 0. The number of nitrogens with two attached hydrogens (primary N) is 1. The summed E-state index contributed by atoms with van der Waals surface area (Å²) in [7, 11) is 0. The predicted molar refractivity (Wildman–Crippen MR) is 79.5 cm³/mol. The van der Waals surface area contributed by atoms with Crippen molar-refractivity contribution in [1.29, 1.82) is 0 Å². The lowest BCUT2D eigenvalue weighted by molar-refractivity contribution is -0.0515. The number of para-hydroxylation sites is 1. The second kappa shape index (κ2) is 7.71. The van der Waals surface area contributed by atoms with Crippen molar-refractivity contribution in [2.75, 3.05) is 13.1 Å². The minimum Gasteiger partial charge on any atom is -0.434 e. The first-order valence-electron chi connectivity index (χ1n) is 7.67. The molecule has 5 heteroatoms. The Morgan fingerprint density at radius 2 is 2.10 bits per heavy atom. The third-order valence-electron chi connectivity index (χ3n) is 4.26. The van der Waals surface area contributed by atoms with E-state index in [0.717, 1.165) is 31.4 Å². The maximum Gasteiger partial charge on any atom is 0.387 e. The van der Waals surface area contributed by atoms with Crippen LogP contribution in [0.1, 0.15) is 44.2 Å². The summed E-state index contributed by atoms with van der Waals surface area (Å²) in [4.78, 5) is 2.36. The molecular weight excluding hydrogens is 274 g/mol. The molecule has 1 aromatic rings. The Morgan fingerprint density at radius 3 is 2.76 bits per heavy atom. The van der Waals surface area contributed by atoms with Crippen LogP contribution in [0.5, 0.6) is 5.75 Å². The summed E-state index contributed by atoms with van der Waals surface area (Å²) < 4.78 is 29.8. The van der Waals surface area contributed by atoms with Gasteiger partial charge in [0.05, 0.1) is 6.04 Å². The number of piperidine rings is 1. The van der Waals surface area contributed by atoms with Crippen LogP contribution in [0.15, 0.2) is 24.3 Å². The lowest BCUT2D eigenvalue weighted by atomic mass is 9.94. The van der Waals surface area contributed by atoms with Gasteiger partial charge in [-0.3, -0.25) is 4.90 Å². The molecular formula is C16H24F2N2O. The summed E-state index contributed by atoms with van der Waals surface area (Å²) in [6.07, 6.45) is 4.55. The second-order valence-electron chi connectivity index (χ2n) is 5.46. The largest absolute Gasteiger partial charge is 0.434 e. The first kappa shape index (κ1) is 16.2. The van der Waals surface area contributed by atoms with Gasteiger partial charge in [0.2, 0.25) is 0 Å². The van der Waals surface area contributed by atoms with Crippen molar-refractivity contribution in [2.24, 2.45) is 5.73 Å². The summed E-state index contributed by atoms with van der Waals surface area (Å²) in [5.74, 6) is 0.239. The van der Waals surface area contributed by atoms with Crippen LogP contribution in [0.4, 0.5) is 8.78 Å². The zero-order chi connectivity index (χ0) is 15.2. The molecule has 1 aliphatic heterocycles. The fourth-order valence-electron chi connectivity index (χ4n) is 3.27. The molecule has 2 unspecified atom stereocenters. The summed E-state index contributed by atoms with van der Waals surface area (Å²) in [5, 5.41) is 0. The predicted octanol–water partition coefficient (Wildman–Crippen LogP) is 3.55. The summed E-state index contributed by atoms with van der Waals surface area (Å²) in [6, 6.07) is 7.40. The molecule has 0 aliphatic carbocycles. The number of benzene rings is 1. The molecule has 1 saturated heterocycles. The average molecular weight is 298 g/mol. The molecule has 0 radical (unpaired) electrons. The van der Waals surface area contributed by atoms with Gasteiger partial charge >= 0.3 is 6.61 Å². The van der Waals surface area contributed by atoms with Crippen molar-refractivity contribution in [3.63, 3.8) is 0 Å². The number of nitrogens with zero attached hydrogens (tertiary/aromatic N) is 1. The maximum atomic E-state index is 12.6. The fourth-order valence-corrected chi connectivity index (χ4v) is 3.27. The number of rotatable bonds is 6. The third-order valence-corrected chi connectivity index (χ3v) is 4.26. The number of hydrogen-bond donors (Lipinski definition) is 1. The van der Waals surface area contributed by atoms with Gasteiger partial charge in [0.1, 0.15) is 5.75 Å². The van der Waals surface area contributed by atoms with Gasteiger partial charge in [-0.1, -0.05) is 31.5 Å². The maximum absolute atomic E-state index is 12.6. The van der Waals surface area contributed by atoms with Gasteiger partial charge in [0, 0.05) is 18.2 Å². The van der Waals surface area contributed by atoms with E-state index in [1.165, 1.54) is 6.42 Å². The van der Waals surface area contributed by atoms with Crippen molar-refractivity contribution >= 4 is 0 Å². The van der Waals surface area contributed by atoms with Crippen LogP contribution < -0.4 is 10.5 Å². The molecule has 3 nitrogen and oxygen atoms in total. The van der Waals surface area contributed by atoms with E-state index in [0.29, 0.717) is 12.6 Å². The van der Waals surface area contributed by atoms with Crippen LogP contribution in [0.3, 0.4) is 0 Å². The molecule has 21 heavy (non-hydrogen) atoms. The number of alkyl halides is 2. The van der Waals surface area contributed by atoms with Gasteiger partial charge in [-0.2, -0.15) is 8.78 Å². The zero-order valence-corrected chi connectivity index (χ0v) is 12.5. The van der Waals surface area contributed by atoms with Gasteiger partial charge in [-0.15, -0.1) is 0 Å². The van der Waals surface area contributed by atoms with Crippen LogP contribution in [0.25, 0.3) is 0 Å². The van der Waals surface area contributed by atoms with E-state index < -0.39 is 6.61 Å². The lowest BCUT2D eigenvalue weighted by Crippen LogP contribution is -2.44. The highest BCUT2D eigenvalue weighted by molar-refractivity contribution is 5.36. The van der Waals surface area contributed by atoms with E-state index in [9.17, 15) is 8.78 Å². The summed E-state index contributed by atoms with van der Waals surface area (Å²) in [5.41, 5.74) is 6.73. The normalized spacial score (nSPS) is 21.5. The second-order valence-corrected chi connectivity index (χ2v) is 5.46. The van der Waals surface area contributed by atoms with Gasteiger partial charge in [0.25, 0.3) is 0 Å². The number of hydrogen-bond acceptors (Lipinski definition) is 3. The topological polar surface area (TPSA) is 38.5 Å². The zero-order valence-electron chi connectivity index (χ0n) is 12.5. The average Bonchev–Trinajstić information content (AvgIpc) is 2.49. The van der Waals surface area contributed by atoms with Crippen molar-refractivity contribution in [3.05, 3.63) is 29.8 Å². The third kappa shape index (κ3) is 3.92. The molecule has 0 spiro atoms. The SMILES string of the molecule is CCC1CCCCN1C(CN)c1ccccc1OC(F)F. The Hall–Kier alpha value is -1.20. The molecule has 2 atom stereocenters. The van der Waals surface area contributed by atoms with Gasteiger partial charge in [-0.05, 0) is 31.9 Å². The Bertz CT molecular complexity index is 442. The van der Waals surface area contributed by atoms with Crippen LogP contribution in [-0.4, -0.2) is 30.6 Å². The highest BCUT2D eigenvalue weighted by Crippen LogP contribution is 2.34. The first-order chi connectivity index (χ1) is 10.2. The van der Waals surface area contributed by atoms with E-state index in [-0.39, 0.29) is 11.8 Å². The van der Waals surface area contributed by atoms with E-state index in [1.807, 2.05) is 12.1 Å². The molecule has 0 amide bonds. The molecule has 0 saturated carbocycles. The molecule has 1 fully saturated rings. The smallest absolute Gasteiger partial charge is 0.387 e. The molecule has 1 heterocycles. The van der Waals surface area contributed by atoms with E-state index in [4.69, 9.17) is 5.73 Å². The van der Waals surface area contributed by atoms with Gasteiger partial charge in [-0.25, -0.2) is 0 Å². The molecule has 1 aromatic carbocycles. The Kier molecular flexibility index (Phi) is 5.94. The van der Waals surface area contributed by atoms with Crippen molar-refractivity contribution in [3.8, 4) is 5.75 Å². The number of ether oxygens (including phenoxy) is 1. The van der Waals surface area contributed by atoms with Gasteiger partial charge in [0.15, 0.2) is 0 Å². The quantitative estimate of drug-likeness (QED) is 0.873. The molecule has 0 bridgehead atoms. The Morgan fingerprint density at radius 1 is 1.33 bits per heavy atom. The molecule has 118 valence electrons. The van der Waals surface area contributed by atoms with Crippen LogP contribution >= 0.6 is 0 Å². The van der Waals surface area contributed by atoms with Crippen molar-refractivity contribution in [1.82, 2.24) is 4.90 Å². The van der Waals surface area contributed by atoms with Crippen molar-refractivity contribution in [2.45, 2.75) is 51.3 Å². The highest BCUT2D eigenvalue weighted by Gasteiger charge is 2.29.